The Morgan fingerprint density at radius 3 is 2.18 bits per heavy atom. The SMILES string of the molecule is Cc1ccccc1C1C2C(=O)N(c3cccc(C(F)(F)F)c3)C(=O)C2ON1c1ccccc1. The zero-order valence-electron chi connectivity index (χ0n) is 17.5. The molecule has 2 amide bonds. The van der Waals surface area contributed by atoms with Crippen LogP contribution in [0.25, 0.3) is 0 Å². The highest BCUT2D eigenvalue weighted by atomic mass is 19.4. The van der Waals surface area contributed by atoms with E-state index in [0.717, 1.165) is 28.2 Å². The predicted molar refractivity (Wildman–Crippen MR) is 115 cm³/mol. The van der Waals surface area contributed by atoms with E-state index in [1.807, 2.05) is 61.5 Å². The summed E-state index contributed by atoms with van der Waals surface area (Å²) < 4.78 is 39.7. The number of benzene rings is 3. The van der Waals surface area contributed by atoms with Gasteiger partial charge in [0, 0.05) is 0 Å². The molecule has 5 rings (SSSR count). The average molecular weight is 452 g/mol. The highest BCUT2D eigenvalue weighted by Crippen LogP contribution is 2.48. The summed E-state index contributed by atoms with van der Waals surface area (Å²) in [6, 6.07) is 20.2. The monoisotopic (exact) mass is 452 g/mol. The molecule has 0 radical (unpaired) electrons. The van der Waals surface area contributed by atoms with E-state index in [2.05, 4.69) is 0 Å². The molecule has 3 aromatic carbocycles. The Balaban J connectivity index is 1.59. The second-order valence-corrected chi connectivity index (χ2v) is 8.07. The van der Waals surface area contributed by atoms with Crippen molar-refractivity contribution in [3.8, 4) is 0 Å². The van der Waals surface area contributed by atoms with Crippen LogP contribution < -0.4 is 9.96 Å². The minimum absolute atomic E-state index is 0.118. The van der Waals surface area contributed by atoms with E-state index < -0.39 is 41.6 Å². The van der Waals surface area contributed by atoms with E-state index in [0.29, 0.717) is 5.69 Å². The zero-order valence-corrected chi connectivity index (χ0v) is 17.5. The first-order chi connectivity index (χ1) is 15.8. The molecule has 2 fully saturated rings. The molecule has 2 saturated heterocycles. The third kappa shape index (κ3) is 3.47. The number of amides is 2. The van der Waals surface area contributed by atoms with E-state index in [9.17, 15) is 22.8 Å². The minimum Gasteiger partial charge on any atom is -0.273 e. The summed E-state index contributed by atoms with van der Waals surface area (Å²) in [4.78, 5) is 33.7. The Hall–Kier alpha value is -3.65. The molecular weight excluding hydrogens is 433 g/mol. The maximum atomic E-state index is 13.5. The summed E-state index contributed by atoms with van der Waals surface area (Å²) >= 11 is 0. The Kier molecular flexibility index (Phi) is 4.97. The van der Waals surface area contributed by atoms with Gasteiger partial charge in [-0.1, -0.05) is 48.5 Å². The number of carbonyl (C=O) groups excluding carboxylic acids is 2. The highest BCUT2D eigenvalue weighted by molar-refractivity contribution is 6.24. The van der Waals surface area contributed by atoms with Crippen molar-refractivity contribution in [3.05, 3.63) is 95.6 Å². The second-order valence-electron chi connectivity index (χ2n) is 8.07. The quantitative estimate of drug-likeness (QED) is 0.521. The molecule has 3 unspecified atom stereocenters. The lowest BCUT2D eigenvalue weighted by molar-refractivity contribution is -0.137. The lowest BCUT2D eigenvalue weighted by atomic mass is 9.88. The molecule has 3 aromatic rings. The van der Waals surface area contributed by atoms with Gasteiger partial charge in [0.15, 0.2) is 6.10 Å². The van der Waals surface area contributed by atoms with E-state index in [4.69, 9.17) is 4.84 Å². The molecule has 0 saturated carbocycles. The molecule has 33 heavy (non-hydrogen) atoms. The number of fused-ring (bicyclic) bond motifs is 1. The van der Waals surface area contributed by atoms with E-state index in [1.54, 1.807) is 5.06 Å². The van der Waals surface area contributed by atoms with Gasteiger partial charge in [-0.3, -0.25) is 14.4 Å². The van der Waals surface area contributed by atoms with Gasteiger partial charge in [-0.2, -0.15) is 13.2 Å². The summed E-state index contributed by atoms with van der Waals surface area (Å²) in [5.74, 6) is -2.18. The van der Waals surface area contributed by atoms with Crippen LogP contribution >= 0.6 is 0 Å². The van der Waals surface area contributed by atoms with Gasteiger partial charge >= 0.3 is 6.18 Å². The van der Waals surface area contributed by atoms with Crippen molar-refractivity contribution in [1.29, 1.82) is 0 Å². The van der Waals surface area contributed by atoms with Gasteiger partial charge in [0.05, 0.1) is 23.0 Å². The number of imide groups is 1. The fourth-order valence-electron chi connectivity index (χ4n) is 4.52. The van der Waals surface area contributed by atoms with Gasteiger partial charge in [-0.05, 0) is 48.4 Å². The van der Waals surface area contributed by atoms with Crippen LogP contribution in [0.2, 0.25) is 0 Å². The summed E-state index contributed by atoms with van der Waals surface area (Å²) in [5, 5.41) is 1.57. The zero-order chi connectivity index (χ0) is 23.3. The number of para-hydroxylation sites is 1. The Morgan fingerprint density at radius 2 is 1.48 bits per heavy atom. The van der Waals surface area contributed by atoms with Crippen molar-refractivity contribution in [2.45, 2.75) is 25.2 Å². The highest BCUT2D eigenvalue weighted by Gasteiger charge is 2.60. The second kappa shape index (κ2) is 7.74. The number of aryl methyl sites for hydroxylation is 1. The number of hydroxylamine groups is 1. The van der Waals surface area contributed by atoms with Crippen LogP contribution in [0.4, 0.5) is 24.5 Å². The molecule has 2 aliphatic heterocycles. The number of carbonyl (C=O) groups is 2. The van der Waals surface area contributed by atoms with Crippen molar-refractivity contribution < 1.29 is 27.6 Å². The molecule has 5 nitrogen and oxygen atoms in total. The fraction of sp³-hybridized carbons (Fsp3) is 0.200. The van der Waals surface area contributed by atoms with Gasteiger partial charge in [0.2, 0.25) is 5.91 Å². The molecule has 0 N–H and O–H groups in total. The molecule has 0 spiro atoms. The lowest BCUT2D eigenvalue weighted by Gasteiger charge is -2.29. The summed E-state index contributed by atoms with van der Waals surface area (Å²) in [6.07, 6.45) is -5.74. The standard InChI is InChI=1S/C25H19F3N2O3/c1-15-8-5-6-13-19(15)21-20-22(33-30(21)17-10-3-2-4-11-17)24(32)29(23(20)31)18-12-7-9-16(14-18)25(26,27)28/h2-14,20-22H,1H3. The van der Waals surface area contributed by atoms with Gasteiger partial charge in [0.25, 0.3) is 5.91 Å². The molecule has 0 aromatic heterocycles. The normalized spacial score (nSPS) is 22.7. The van der Waals surface area contributed by atoms with Gasteiger partial charge in [-0.15, -0.1) is 0 Å². The van der Waals surface area contributed by atoms with Crippen LogP contribution in [0.3, 0.4) is 0 Å². The van der Waals surface area contributed by atoms with Gasteiger partial charge in [0.1, 0.15) is 5.92 Å². The summed E-state index contributed by atoms with van der Waals surface area (Å²) in [7, 11) is 0. The van der Waals surface area contributed by atoms with E-state index >= 15 is 0 Å². The molecule has 0 bridgehead atoms. The van der Waals surface area contributed by atoms with E-state index in [-0.39, 0.29) is 5.69 Å². The molecule has 3 atom stereocenters. The van der Waals surface area contributed by atoms with E-state index in [1.165, 1.54) is 12.1 Å². The number of rotatable bonds is 3. The van der Waals surface area contributed by atoms with Crippen molar-refractivity contribution in [3.63, 3.8) is 0 Å². The number of alkyl halides is 3. The predicted octanol–water partition coefficient (Wildman–Crippen LogP) is 5.06. The maximum absolute atomic E-state index is 13.5. The van der Waals surface area contributed by atoms with Crippen LogP contribution in [-0.2, 0) is 20.6 Å². The van der Waals surface area contributed by atoms with Gasteiger partial charge < -0.3 is 0 Å². The largest absolute Gasteiger partial charge is 0.416 e. The van der Waals surface area contributed by atoms with Crippen LogP contribution in [0.1, 0.15) is 22.7 Å². The molecule has 168 valence electrons. The molecule has 2 heterocycles. The van der Waals surface area contributed by atoms with Crippen LogP contribution in [0.5, 0.6) is 0 Å². The third-order valence-electron chi connectivity index (χ3n) is 6.06. The van der Waals surface area contributed by atoms with Crippen molar-refractivity contribution >= 4 is 23.2 Å². The Bertz CT molecular complexity index is 1230. The number of nitrogens with zero attached hydrogens (tertiary/aromatic N) is 2. The maximum Gasteiger partial charge on any atom is 0.416 e. The van der Waals surface area contributed by atoms with Gasteiger partial charge in [-0.25, -0.2) is 9.96 Å². The van der Waals surface area contributed by atoms with Crippen molar-refractivity contribution in [2.24, 2.45) is 5.92 Å². The van der Waals surface area contributed by atoms with Crippen molar-refractivity contribution in [1.82, 2.24) is 0 Å². The smallest absolute Gasteiger partial charge is 0.273 e. The molecule has 8 heteroatoms. The fourth-order valence-corrected chi connectivity index (χ4v) is 4.52. The first kappa shape index (κ1) is 21.2. The Morgan fingerprint density at radius 1 is 0.818 bits per heavy atom. The van der Waals surface area contributed by atoms with Crippen LogP contribution in [0.15, 0.2) is 78.9 Å². The number of hydrogen-bond acceptors (Lipinski definition) is 4. The lowest BCUT2D eigenvalue weighted by Crippen LogP contribution is -2.37. The van der Waals surface area contributed by atoms with Crippen molar-refractivity contribution in [2.75, 3.05) is 9.96 Å². The first-order valence-electron chi connectivity index (χ1n) is 10.4. The third-order valence-corrected chi connectivity index (χ3v) is 6.06. The topological polar surface area (TPSA) is 49.9 Å². The number of hydrogen-bond donors (Lipinski definition) is 0. The average Bonchev–Trinajstić information content (AvgIpc) is 3.30. The first-order valence-corrected chi connectivity index (χ1v) is 10.4. The minimum atomic E-state index is -4.60. The van der Waals surface area contributed by atoms with Crippen LogP contribution in [-0.4, -0.2) is 17.9 Å². The molecule has 0 aliphatic carbocycles. The molecule has 2 aliphatic rings. The number of anilines is 2. The van der Waals surface area contributed by atoms with Crippen LogP contribution in [0, 0.1) is 12.8 Å². The summed E-state index contributed by atoms with van der Waals surface area (Å²) in [6.45, 7) is 1.90. The number of halogens is 3. The summed E-state index contributed by atoms with van der Waals surface area (Å²) in [5.41, 5.74) is 1.34. The molecular formula is C25H19F3N2O3. The Labute approximate surface area is 187 Å².